The number of carbonyl (C=O) groups is 1. The largest absolute Gasteiger partial charge is 0.573 e. The lowest BCUT2D eigenvalue weighted by Gasteiger charge is -2.34. The van der Waals surface area contributed by atoms with Crippen LogP contribution in [0.2, 0.25) is 5.02 Å². The summed E-state index contributed by atoms with van der Waals surface area (Å²) in [4.78, 5) is 28.2. The van der Waals surface area contributed by atoms with E-state index in [1.54, 1.807) is 40.9 Å². The monoisotopic (exact) mass is 855 g/mol. The third kappa shape index (κ3) is 12.5. The number of benzene rings is 3. The molecule has 9 nitrogen and oxygen atoms in total. The maximum Gasteiger partial charge on any atom is 0.573 e. The van der Waals surface area contributed by atoms with E-state index in [4.69, 9.17) is 11.6 Å². The summed E-state index contributed by atoms with van der Waals surface area (Å²) in [5, 5.41) is 7.64. The Bertz CT molecular complexity index is 2470. The Morgan fingerprint density at radius 3 is 2.38 bits per heavy atom. The lowest BCUT2D eigenvalue weighted by molar-refractivity contribution is -0.274. The molecule has 1 saturated heterocycles. The molecule has 0 spiro atoms. The number of ether oxygens (including phenoxy) is 1. The van der Waals surface area contributed by atoms with Crippen molar-refractivity contribution in [1.29, 1.82) is 0 Å². The second kappa shape index (κ2) is 20.5. The molecule has 0 aliphatic carbocycles. The lowest BCUT2D eigenvalue weighted by Crippen LogP contribution is -2.32. The minimum Gasteiger partial charge on any atom is -0.406 e. The molecule has 3 aromatic heterocycles. The summed E-state index contributed by atoms with van der Waals surface area (Å²) >= 11 is 6.14. The van der Waals surface area contributed by atoms with E-state index in [2.05, 4.69) is 80.3 Å². The number of carbonyl (C=O) groups excluding carboxylic acids is 1. The zero-order valence-corrected chi connectivity index (χ0v) is 35.5. The molecule has 2 N–H and O–H groups in total. The number of piperidine rings is 1. The van der Waals surface area contributed by atoms with Gasteiger partial charge in [0.05, 0.1) is 16.2 Å². The predicted molar refractivity (Wildman–Crippen MR) is 235 cm³/mol. The molecule has 1 aliphatic heterocycles. The number of pyridine rings is 1. The Kier molecular flexibility index (Phi) is 15.0. The summed E-state index contributed by atoms with van der Waals surface area (Å²) in [6.45, 7) is 11.1. The Balaban J connectivity index is 0.000000240. The van der Waals surface area contributed by atoms with E-state index in [0.29, 0.717) is 41.4 Å². The SMILES string of the molecule is CC(C)=CCC/C(C)=C/CNc1ncnc2cc(F)ccc12.CCc1nc2ccc(Cl)cn2c1C(=O)NCc1ccc(N2CCC(c3ccc(OC(F)(F)F)cc3)CC2)cc1. The van der Waals surface area contributed by atoms with Crippen LogP contribution in [0.25, 0.3) is 16.6 Å². The first-order chi connectivity index (χ1) is 29.3. The van der Waals surface area contributed by atoms with Crippen LogP contribution in [0.4, 0.5) is 29.1 Å². The van der Waals surface area contributed by atoms with Crippen molar-refractivity contribution in [2.75, 3.05) is 29.9 Å². The maximum absolute atomic E-state index is 13.2. The Morgan fingerprint density at radius 1 is 0.951 bits per heavy atom. The van der Waals surface area contributed by atoms with E-state index in [9.17, 15) is 22.4 Å². The van der Waals surface area contributed by atoms with Gasteiger partial charge in [-0.05, 0) is 118 Å². The molecule has 61 heavy (non-hydrogen) atoms. The fourth-order valence-corrected chi connectivity index (χ4v) is 7.40. The van der Waals surface area contributed by atoms with E-state index >= 15 is 0 Å². The van der Waals surface area contributed by atoms with Gasteiger partial charge in [-0.1, -0.05) is 66.1 Å². The quantitative estimate of drug-likeness (QED) is 0.0882. The highest BCUT2D eigenvalue weighted by atomic mass is 35.5. The highest BCUT2D eigenvalue weighted by molar-refractivity contribution is 6.30. The number of fused-ring (bicyclic) bond motifs is 2. The van der Waals surface area contributed by atoms with Crippen molar-refractivity contribution in [2.24, 2.45) is 0 Å². The number of nitrogens with one attached hydrogen (secondary N) is 2. The zero-order valence-electron chi connectivity index (χ0n) is 34.7. The lowest BCUT2D eigenvalue weighted by atomic mass is 9.89. The van der Waals surface area contributed by atoms with Gasteiger partial charge in [0.2, 0.25) is 0 Å². The number of imidazole rings is 1. The molecule has 1 aliphatic rings. The maximum atomic E-state index is 13.2. The summed E-state index contributed by atoms with van der Waals surface area (Å²) in [5.41, 5.74) is 8.31. The number of aromatic nitrogens is 4. The van der Waals surface area contributed by atoms with Crippen LogP contribution in [0.5, 0.6) is 5.75 Å². The molecule has 1 fully saturated rings. The van der Waals surface area contributed by atoms with Crippen molar-refractivity contribution in [2.45, 2.75) is 78.6 Å². The summed E-state index contributed by atoms with van der Waals surface area (Å²) in [7, 11) is 0. The molecular weight excluding hydrogens is 806 g/mol. The smallest absolute Gasteiger partial charge is 0.406 e. The average Bonchev–Trinajstić information content (AvgIpc) is 3.61. The van der Waals surface area contributed by atoms with Gasteiger partial charge in [-0.3, -0.25) is 9.20 Å². The van der Waals surface area contributed by atoms with Gasteiger partial charge in [0.25, 0.3) is 5.91 Å². The van der Waals surface area contributed by atoms with Gasteiger partial charge in [0.15, 0.2) is 0 Å². The second-order valence-electron chi connectivity index (χ2n) is 15.2. The van der Waals surface area contributed by atoms with Gasteiger partial charge < -0.3 is 20.3 Å². The van der Waals surface area contributed by atoms with Gasteiger partial charge in [0.1, 0.15) is 35.1 Å². The van der Waals surface area contributed by atoms with Crippen molar-refractivity contribution in [3.05, 3.63) is 148 Å². The molecule has 0 atom stereocenters. The molecule has 320 valence electrons. The van der Waals surface area contributed by atoms with Gasteiger partial charge in [0, 0.05) is 49.5 Å². The molecule has 4 heterocycles. The van der Waals surface area contributed by atoms with Crippen LogP contribution >= 0.6 is 11.6 Å². The van der Waals surface area contributed by atoms with Crippen LogP contribution < -0.4 is 20.3 Å². The fourth-order valence-electron chi connectivity index (χ4n) is 7.24. The topological polar surface area (TPSA) is 96.7 Å². The normalized spacial score (nSPS) is 13.5. The van der Waals surface area contributed by atoms with E-state index in [-0.39, 0.29) is 23.4 Å². The van der Waals surface area contributed by atoms with Gasteiger partial charge in [-0.25, -0.2) is 19.3 Å². The molecule has 3 aromatic carbocycles. The number of amides is 1. The minimum atomic E-state index is -4.68. The third-order valence-electron chi connectivity index (χ3n) is 10.4. The Labute approximate surface area is 358 Å². The van der Waals surface area contributed by atoms with E-state index in [1.165, 1.54) is 41.7 Å². The first-order valence-corrected chi connectivity index (χ1v) is 20.7. The number of alkyl halides is 3. The molecule has 1 amide bonds. The fraction of sp³-hybridized carbons (Fsp3) is 0.319. The third-order valence-corrected chi connectivity index (χ3v) is 10.7. The second-order valence-corrected chi connectivity index (χ2v) is 15.6. The molecule has 14 heteroatoms. The summed E-state index contributed by atoms with van der Waals surface area (Å²) < 4.78 is 56.1. The number of nitrogens with zero attached hydrogens (tertiary/aromatic N) is 5. The Hall–Kier alpha value is -5.95. The minimum absolute atomic E-state index is 0.200. The van der Waals surface area contributed by atoms with Crippen molar-refractivity contribution in [3.8, 4) is 5.75 Å². The Morgan fingerprint density at radius 2 is 1.69 bits per heavy atom. The molecule has 0 radical (unpaired) electrons. The first kappa shape index (κ1) is 44.6. The van der Waals surface area contributed by atoms with Gasteiger partial charge in [-0.15, -0.1) is 13.2 Å². The van der Waals surface area contributed by atoms with Crippen LogP contribution in [0.1, 0.15) is 86.6 Å². The van der Waals surface area contributed by atoms with Crippen LogP contribution in [0, 0.1) is 5.82 Å². The summed E-state index contributed by atoms with van der Waals surface area (Å²) in [5.74, 6) is 0.336. The summed E-state index contributed by atoms with van der Waals surface area (Å²) in [6.07, 6.45) is 7.45. The predicted octanol–water partition coefficient (Wildman–Crippen LogP) is 11.6. The number of anilines is 2. The average molecular weight is 856 g/mol. The van der Waals surface area contributed by atoms with Crippen LogP contribution in [-0.2, 0) is 13.0 Å². The molecule has 7 rings (SSSR count). The molecule has 0 bridgehead atoms. The zero-order chi connectivity index (χ0) is 43.5. The highest BCUT2D eigenvalue weighted by Gasteiger charge is 2.31. The number of hydrogen-bond donors (Lipinski definition) is 2. The summed E-state index contributed by atoms with van der Waals surface area (Å²) in [6, 6.07) is 22.4. The number of rotatable bonds is 13. The highest BCUT2D eigenvalue weighted by Crippen LogP contribution is 2.32. The van der Waals surface area contributed by atoms with Crippen LogP contribution in [0.3, 0.4) is 0 Å². The van der Waals surface area contributed by atoms with Gasteiger partial charge >= 0.3 is 6.36 Å². The van der Waals surface area contributed by atoms with E-state index in [1.807, 2.05) is 19.1 Å². The number of allylic oxidation sites excluding steroid dienone is 3. The molecule has 0 unspecified atom stereocenters. The van der Waals surface area contributed by atoms with Crippen molar-refractivity contribution in [3.63, 3.8) is 0 Å². The molecule has 0 saturated carbocycles. The number of hydrogen-bond acceptors (Lipinski definition) is 7. The number of halogens is 5. The molecule has 6 aromatic rings. The van der Waals surface area contributed by atoms with Crippen molar-refractivity contribution >= 4 is 45.6 Å². The van der Waals surface area contributed by atoms with Crippen LogP contribution in [-0.4, -0.2) is 51.3 Å². The van der Waals surface area contributed by atoms with Gasteiger partial charge in [-0.2, -0.15) is 0 Å². The van der Waals surface area contributed by atoms with Crippen LogP contribution in [0.15, 0.2) is 115 Å². The molecular formula is C47H50ClF4N7O2. The first-order valence-electron chi connectivity index (χ1n) is 20.3. The standard InChI is InChI=1S/C29H28ClF3N4O2.C18H22FN3/c1-2-25-27(37-18-22(30)7-12-26(37)35-25)28(38)34-17-19-3-8-23(9-4-19)36-15-13-21(14-16-36)20-5-10-24(11-6-20)39-29(31,32)33;1-13(2)5-4-6-14(3)9-10-20-18-16-8-7-15(19)11-17(16)21-12-22-18/h3-12,18,21H,2,13-17H2,1H3,(H,34,38);5,7-9,11-12H,4,6,10H2,1-3H3,(H,20,21,22)/b;14-9+. The van der Waals surface area contributed by atoms with E-state index in [0.717, 1.165) is 72.5 Å². The number of aryl methyl sites for hydroxylation is 1. The van der Waals surface area contributed by atoms with Crippen molar-refractivity contribution < 1.29 is 27.1 Å². The van der Waals surface area contributed by atoms with E-state index < -0.39 is 6.36 Å². The van der Waals surface area contributed by atoms with Crippen molar-refractivity contribution in [1.82, 2.24) is 24.7 Å².